The summed E-state index contributed by atoms with van der Waals surface area (Å²) in [4.78, 5) is 23.7. The Labute approximate surface area is 213 Å². The fraction of sp³-hybridized carbons (Fsp3) is 0.520. The standard InChI is InChI=1S/C25H30ClF4N5O/c1-17-14-18(25(28,29)30)15-23(32-17)35-10-2-4-22(35)24(36)34(19-5-6-21(27)20(26)16-19)11-3-9-33-12-7-31-8-13-33/h5-6,14-16,22,31H,2-4,7-13H2,1H3/t22-/m0/s1. The van der Waals surface area contributed by atoms with E-state index in [0.29, 0.717) is 38.0 Å². The predicted octanol–water partition coefficient (Wildman–Crippen LogP) is 4.50. The zero-order valence-electron chi connectivity index (χ0n) is 20.1. The Hall–Kier alpha value is -2.43. The summed E-state index contributed by atoms with van der Waals surface area (Å²) in [5.41, 5.74) is -0.0934. The lowest BCUT2D eigenvalue weighted by atomic mass is 10.1. The number of halogens is 5. The SMILES string of the molecule is Cc1cc(C(F)(F)F)cc(N2CCC[C@H]2C(=O)N(CCCN2CCNCC2)c2ccc(F)c(Cl)c2)n1. The quantitative estimate of drug-likeness (QED) is 0.537. The summed E-state index contributed by atoms with van der Waals surface area (Å²) in [6, 6.07) is 5.48. The smallest absolute Gasteiger partial charge is 0.345 e. The van der Waals surface area contributed by atoms with Crippen molar-refractivity contribution >= 4 is 29.0 Å². The zero-order chi connectivity index (χ0) is 25.9. The Morgan fingerprint density at radius 3 is 2.64 bits per heavy atom. The van der Waals surface area contributed by atoms with Crippen LogP contribution in [0.1, 0.15) is 30.5 Å². The van der Waals surface area contributed by atoms with Gasteiger partial charge in [0.1, 0.15) is 17.7 Å². The second-order valence-electron chi connectivity index (χ2n) is 9.24. The van der Waals surface area contributed by atoms with Gasteiger partial charge in [-0.05, 0) is 63.1 Å². The minimum atomic E-state index is -4.51. The summed E-state index contributed by atoms with van der Waals surface area (Å²) in [6.07, 6.45) is -2.69. The molecular formula is C25H30ClF4N5O. The second-order valence-corrected chi connectivity index (χ2v) is 9.65. The fourth-order valence-electron chi connectivity index (χ4n) is 4.85. The zero-order valence-corrected chi connectivity index (χ0v) is 20.9. The highest BCUT2D eigenvalue weighted by Gasteiger charge is 2.37. The van der Waals surface area contributed by atoms with Crippen LogP contribution in [0.25, 0.3) is 0 Å². The summed E-state index contributed by atoms with van der Waals surface area (Å²) < 4.78 is 54.2. The molecule has 1 N–H and O–H groups in total. The molecule has 2 aromatic rings. The minimum Gasteiger partial charge on any atom is -0.345 e. The Kier molecular flexibility index (Phi) is 8.37. The van der Waals surface area contributed by atoms with E-state index in [1.54, 1.807) is 9.80 Å². The minimum absolute atomic E-state index is 0.0918. The number of aryl methyl sites for hydroxylation is 1. The van der Waals surface area contributed by atoms with Crippen LogP contribution in [-0.2, 0) is 11.0 Å². The number of piperazine rings is 1. The highest BCUT2D eigenvalue weighted by molar-refractivity contribution is 6.31. The molecule has 196 valence electrons. The summed E-state index contributed by atoms with van der Waals surface area (Å²) in [5, 5.41) is 3.21. The van der Waals surface area contributed by atoms with E-state index < -0.39 is 23.6 Å². The predicted molar refractivity (Wildman–Crippen MR) is 132 cm³/mol. The molecule has 6 nitrogen and oxygen atoms in total. The van der Waals surface area contributed by atoms with Crippen molar-refractivity contribution < 1.29 is 22.4 Å². The lowest BCUT2D eigenvalue weighted by molar-refractivity contribution is -0.137. The topological polar surface area (TPSA) is 51.7 Å². The number of rotatable bonds is 7. The molecule has 0 aliphatic carbocycles. The van der Waals surface area contributed by atoms with Crippen LogP contribution in [0.3, 0.4) is 0 Å². The largest absolute Gasteiger partial charge is 0.416 e. The van der Waals surface area contributed by atoms with Gasteiger partial charge in [0, 0.05) is 50.6 Å². The number of anilines is 2. The van der Waals surface area contributed by atoms with Crippen molar-refractivity contribution in [3.8, 4) is 0 Å². The second kappa shape index (κ2) is 11.3. The molecule has 3 heterocycles. The van der Waals surface area contributed by atoms with Crippen LogP contribution in [0, 0.1) is 12.7 Å². The van der Waals surface area contributed by atoms with Crippen LogP contribution < -0.4 is 15.1 Å². The Morgan fingerprint density at radius 2 is 1.94 bits per heavy atom. The number of nitrogens with one attached hydrogen (secondary N) is 1. The van der Waals surface area contributed by atoms with E-state index in [1.807, 2.05) is 0 Å². The maximum absolute atomic E-state index is 13.9. The van der Waals surface area contributed by atoms with Gasteiger partial charge in [0.05, 0.1) is 10.6 Å². The molecule has 2 fully saturated rings. The molecule has 2 saturated heterocycles. The molecule has 2 aliphatic heterocycles. The van der Waals surface area contributed by atoms with E-state index in [4.69, 9.17) is 11.6 Å². The van der Waals surface area contributed by atoms with Gasteiger partial charge in [0.2, 0.25) is 5.91 Å². The van der Waals surface area contributed by atoms with Gasteiger partial charge < -0.3 is 20.0 Å². The monoisotopic (exact) mass is 527 g/mol. The lowest BCUT2D eigenvalue weighted by Crippen LogP contribution is -2.48. The molecule has 11 heteroatoms. The first-order valence-electron chi connectivity index (χ1n) is 12.2. The van der Waals surface area contributed by atoms with Crippen LogP contribution >= 0.6 is 11.6 Å². The summed E-state index contributed by atoms with van der Waals surface area (Å²) >= 11 is 6.03. The van der Waals surface area contributed by atoms with Gasteiger partial charge in [0.15, 0.2) is 0 Å². The van der Waals surface area contributed by atoms with Gasteiger partial charge in [0.25, 0.3) is 0 Å². The van der Waals surface area contributed by atoms with Crippen molar-refractivity contribution in [3.05, 3.63) is 52.4 Å². The Morgan fingerprint density at radius 1 is 1.19 bits per heavy atom. The van der Waals surface area contributed by atoms with Crippen molar-refractivity contribution in [1.82, 2.24) is 15.2 Å². The third-order valence-electron chi connectivity index (χ3n) is 6.65. The third-order valence-corrected chi connectivity index (χ3v) is 6.94. The average molecular weight is 528 g/mol. The van der Waals surface area contributed by atoms with Crippen LogP contribution in [-0.4, -0.2) is 67.6 Å². The van der Waals surface area contributed by atoms with Gasteiger partial charge in [-0.25, -0.2) is 9.37 Å². The Balaban J connectivity index is 1.58. The van der Waals surface area contributed by atoms with Crippen molar-refractivity contribution in [2.24, 2.45) is 0 Å². The number of pyridine rings is 1. The molecule has 1 atom stereocenters. The number of amides is 1. The summed E-state index contributed by atoms with van der Waals surface area (Å²) in [5.74, 6) is -0.705. The molecule has 1 aromatic heterocycles. The molecule has 0 unspecified atom stereocenters. The number of hydrogen-bond donors (Lipinski definition) is 1. The number of benzene rings is 1. The molecule has 1 aromatic carbocycles. The number of hydrogen-bond acceptors (Lipinski definition) is 5. The molecule has 36 heavy (non-hydrogen) atoms. The van der Waals surface area contributed by atoms with Crippen molar-refractivity contribution in [1.29, 1.82) is 0 Å². The van der Waals surface area contributed by atoms with Crippen LogP contribution in [0.2, 0.25) is 5.02 Å². The first-order valence-corrected chi connectivity index (χ1v) is 12.5. The third kappa shape index (κ3) is 6.27. The first-order chi connectivity index (χ1) is 17.1. The van der Waals surface area contributed by atoms with Crippen LogP contribution in [0.4, 0.5) is 29.1 Å². The maximum atomic E-state index is 13.9. The fourth-order valence-corrected chi connectivity index (χ4v) is 5.02. The number of nitrogens with zero attached hydrogens (tertiary/aromatic N) is 4. The van der Waals surface area contributed by atoms with E-state index in [1.165, 1.54) is 25.1 Å². The highest BCUT2D eigenvalue weighted by Crippen LogP contribution is 2.34. The average Bonchev–Trinajstić information content (AvgIpc) is 3.33. The Bertz CT molecular complexity index is 1080. The number of aromatic nitrogens is 1. The normalized spacial score (nSPS) is 19.1. The lowest BCUT2D eigenvalue weighted by Gasteiger charge is -2.32. The number of carbonyl (C=O) groups is 1. The van der Waals surface area contributed by atoms with Crippen LogP contribution in [0.15, 0.2) is 30.3 Å². The number of carbonyl (C=O) groups excluding carboxylic acids is 1. The molecular weight excluding hydrogens is 498 g/mol. The van der Waals surface area contributed by atoms with E-state index in [-0.39, 0.29) is 22.4 Å². The van der Waals surface area contributed by atoms with Crippen molar-refractivity contribution in [2.45, 2.75) is 38.4 Å². The van der Waals surface area contributed by atoms with E-state index >= 15 is 0 Å². The van der Waals surface area contributed by atoms with Gasteiger partial charge in [-0.2, -0.15) is 13.2 Å². The summed E-state index contributed by atoms with van der Waals surface area (Å²) in [7, 11) is 0. The molecule has 4 rings (SSSR count). The first kappa shape index (κ1) is 26.6. The summed E-state index contributed by atoms with van der Waals surface area (Å²) in [6.45, 7) is 6.78. The van der Waals surface area contributed by atoms with Crippen LogP contribution in [0.5, 0.6) is 0 Å². The van der Waals surface area contributed by atoms with E-state index in [9.17, 15) is 22.4 Å². The molecule has 0 spiro atoms. The van der Waals surface area contributed by atoms with E-state index in [2.05, 4.69) is 15.2 Å². The molecule has 2 aliphatic rings. The van der Waals surface area contributed by atoms with Gasteiger partial charge >= 0.3 is 6.18 Å². The van der Waals surface area contributed by atoms with Gasteiger partial charge in [-0.1, -0.05) is 11.6 Å². The molecule has 1 amide bonds. The maximum Gasteiger partial charge on any atom is 0.416 e. The van der Waals surface area contributed by atoms with Gasteiger partial charge in [-0.3, -0.25) is 4.79 Å². The molecule has 0 saturated carbocycles. The number of alkyl halides is 3. The highest BCUT2D eigenvalue weighted by atomic mass is 35.5. The van der Waals surface area contributed by atoms with E-state index in [0.717, 1.165) is 44.9 Å². The van der Waals surface area contributed by atoms with Crippen molar-refractivity contribution in [2.75, 3.05) is 55.6 Å². The van der Waals surface area contributed by atoms with Gasteiger partial charge in [-0.15, -0.1) is 0 Å². The molecule has 0 bridgehead atoms. The van der Waals surface area contributed by atoms with Crippen molar-refractivity contribution in [3.63, 3.8) is 0 Å². The molecule has 0 radical (unpaired) electrons.